The molecule has 1 aromatic heterocycles. The number of sulfonamides is 1. The molecule has 0 unspecified atom stereocenters. The highest BCUT2D eigenvalue weighted by atomic mass is 35.5. The number of aryl methyl sites for hydroxylation is 1. The number of fused-ring (bicyclic) bond motifs is 1. The van der Waals surface area contributed by atoms with Gasteiger partial charge in [-0.1, -0.05) is 23.2 Å². The van der Waals surface area contributed by atoms with Crippen molar-refractivity contribution in [2.24, 2.45) is 0 Å². The van der Waals surface area contributed by atoms with E-state index < -0.39 is 15.6 Å². The summed E-state index contributed by atoms with van der Waals surface area (Å²) in [4.78, 5) is 11.7. The molecule has 0 fully saturated rings. The fraction of sp³-hybridized carbons (Fsp3) is 0.0435. The molecule has 4 rings (SSSR count). The monoisotopic (exact) mass is 533 g/mol. The summed E-state index contributed by atoms with van der Waals surface area (Å²) in [5, 5.41) is 7.67. The van der Waals surface area contributed by atoms with Crippen molar-refractivity contribution < 1.29 is 12.8 Å². The third kappa shape index (κ3) is 5.51. The van der Waals surface area contributed by atoms with Gasteiger partial charge in [0.25, 0.3) is 10.0 Å². The van der Waals surface area contributed by atoms with Crippen molar-refractivity contribution in [1.82, 2.24) is 0 Å². The Labute approximate surface area is 210 Å². The number of thiocarbonyl (C=S) groups is 1. The Morgan fingerprint density at radius 2 is 1.50 bits per heavy atom. The van der Waals surface area contributed by atoms with Crippen LogP contribution < -0.4 is 21.0 Å². The number of rotatable bonds is 5. The summed E-state index contributed by atoms with van der Waals surface area (Å²) >= 11 is 17.2. The van der Waals surface area contributed by atoms with Gasteiger partial charge in [-0.2, -0.15) is 0 Å². The van der Waals surface area contributed by atoms with Crippen LogP contribution in [0.2, 0.25) is 10.0 Å². The van der Waals surface area contributed by atoms with Crippen molar-refractivity contribution in [1.29, 1.82) is 0 Å². The van der Waals surface area contributed by atoms with Crippen LogP contribution in [0.5, 0.6) is 0 Å². The van der Waals surface area contributed by atoms with E-state index in [2.05, 4.69) is 15.4 Å². The van der Waals surface area contributed by atoms with E-state index >= 15 is 0 Å². The fourth-order valence-corrected chi connectivity index (χ4v) is 4.77. The van der Waals surface area contributed by atoms with Gasteiger partial charge in [0.2, 0.25) is 0 Å². The fourth-order valence-electron chi connectivity index (χ4n) is 3.19. The minimum absolute atomic E-state index is 0.0583. The second-order valence-corrected chi connectivity index (χ2v) is 10.2. The SMILES string of the molecule is Cc1cc(=O)oc2cc(NC(=S)Nc3ccc(S(=O)(=O)Nc4ccc(Cl)c(Cl)c4)cc3)ccc12. The van der Waals surface area contributed by atoms with Crippen molar-refractivity contribution in [2.45, 2.75) is 11.8 Å². The van der Waals surface area contributed by atoms with Crippen LogP contribution in [-0.4, -0.2) is 13.5 Å². The van der Waals surface area contributed by atoms with Crippen molar-refractivity contribution >= 4 is 78.6 Å². The molecule has 0 saturated heterocycles. The number of anilines is 3. The summed E-state index contributed by atoms with van der Waals surface area (Å²) < 4.78 is 33.0. The molecule has 34 heavy (non-hydrogen) atoms. The van der Waals surface area contributed by atoms with E-state index in [1.54, 1.807) is 18.2 Å². The van der Waals surface area contributed by atoms with Gasteiger partial charge in [0, 0.05) is 28.9 Å². The summed E-state index contributed by atoms with van der Waals surface area (Å²) in [6.07, 6.45) is 0. The summed E-state index contributed by atoms with van der Waals surface area (Å²) in [5.41, 5.74) is 2.34. The molecule has 11 heteroatoms. The first-order chi connectivity index (χ1) is 16.1. The van der Waals surface area contributed by atoms with Gasteiger partial charge < -0.3 is 15.1 Å². The van der Waals surface area contributed by atoms with Crippen LogP contribution in [0.25, 0.3) is 11.0 Å². The van der Waals surface area contributed by atoms with Crippen LogP contribution in [0.1, 0.15) is 5.56 Å². The topological polar surface area (TPSA) is 100 Å². The van der Waals surface area contributed by atoms with Crippen LogP contribution in [0.15, 0.2) is 80.8 Å². The Hall–Kier alpha value is -3.11. The zero-order chi connectivity index (χ0) is 24.5. The summed E-state index contributed by atoms with van der Waals surface area (Å²) in [7, 11) is -3.83. The van der Waals surface area contributed by atoms with Gasteiger partial charge in [-0.3, -0.25) is 4.72 Å². The van der Waals surface area contributed by atoms with E-state index in [1.807, 2.05) is 19.1 Å². The third-order valence-electron chi connectivity index (χ3n) is 4.80. The molecule has 0 spiro atoms. The highest BCUT2D eigenvalue weighted by Crippen LogP contribution is 2.27. The predicted molar refractivity (Wildman–Crippen MR) is 141 cm³/mol. The van der Waals surface area contributed by atoms with E-state index in [1.165, 1.54) is 36.4 Å². The molecule has 0 bridgehead atoms. The maximum Gasteiger partial charge on any atom is 0.336 e. The van der Waals surface area contributed by atoms with Crippen LogP contribution in [-0.2, 0) is 10.0 Å². The van der Waals surface area contributed by atoms with E-state index in [0.29, 0.717) is 27.7 Å². The predicted octanol–water partition coefficient (Wildman–Crippen LogP) is 6.02. The first kappa shape index (κ1) is 24.0. The largest absolute Gasteiger partial charge is 0.423 e. The molecule has 3 N–H and O–H groups in total. The first-order valence-corrected chi connectivity index (χ1v) is 12.5. The van der Waals surface area contributed by atoms with Gasteiger partial charge in [-0.25, -0.2) is 13.2 Å². The number of halogens is 2. The molecule has 0 radical (unpaired) electrons. The lowest BCUT2D eigenvalue weighted by molar-refractivity contribution is 0.560. The molecule has 0 aliphatic rings. The van der Waals surface area contributed by atoms with Gasteiger partial charge in [0.05, 0.1) is 20.6 Å². The molecule has 0 atom stereocenters. The lowest BCUT2D eigenvalue weighted by atomic mass is 10.1. The Kier molecular flexibility index (Phi) is 6.81. The smallest absolute Gasteiger partial charge is 0.336 e. The van der Waals surface area contributed by atoms with Gasteiger partial charge >= 0.3 is 5.63 Å². The number of hydrogen-bond donors (Lipinski definition) is 3. The Morgan fingerprint density at radius 1 is 0.853 bits per heavy atom. The molecule has 7 nitrogen and oxygen atoms in total. The number of benzene rings is 3. The van der Waals surface area contributed by atoms with Crippen LogP contribution in [0.4, 0.5) is 17.1 Å². The third-order valence-corrected chi connectivity index (χ3v) is 7.14. The maximum atomic E-state index is 12.7. The molecule has 174 valence electrons. The lowest BCUT2D eigenvalue weighted by Crippen LogP contribution is -2.19. The van der Waals surface area contributed by atoms with Crippen molar-refractivity contribution in [3.05, 3.63) is 92.8 Å². The van der Waals surface area contributed by atoms with Crippen molar-refractivity contribution in [3.8, 4) is 0 Å². The standard InChI is InChI=1S/C23H17Cl2N3O4S2/c1-13-10-22(29)32-21-12-15(4-8-18(13)21)27-23(33)26-14-2-6-17(7-3-14)34(30,31)28-16-5-9-19(24)20(25)11-16/h2-12,28H,1H3,(H2,26,27,33). The molecule has 3 aromatic carbocycles. The van der Waals surface area contributed by atoms with Crippen LogP contribution in [0, 0.1) is 6.92 Å². The van der Waals surface area contributed by atoms with E-state index in [0.717, 1.165) is 10.9 Å². The van der Waals surface area contributed by atoms with Crippen LogP contribution in [0.3, 0.4) is 0 Å². The Bertz CT molecular complexity index is 1570. The average molecular weight is 534 g/mol. The van der Waals surface area contributed by atoms with Gasteiger partial charge in [-0.05, 0) is 79.3 Å². The molecular formula is C23H17Cl2N3O4S2. The summed E-state index contributed by atoms with van der Waals surface area (Å²) in [5.74, 6) is 0. The van der Waals surface area contributed by atoms with Gasteiger partial charge in [0.15, 0.2) is 5.11 Å². The highest BCUT2D eigenvalue weighted by molar-refractivity contribution is 7.92. The van der Waals surface area contributed by atoms with E-state index in [4.69, 9.17) is 39.8 Å². The number of nitrogens with one attached hydrogen (secondary N) is 3. The van der Waals surface area contributed by atoms with Crippen molar-refractivity contribution in [3.63, 3.8) is 0 Å². The van der Waals surface area contributed by atoms with Crippen molar-refractivity contribution in [2.75, 3.05) is 15.4 Å². The Morgan fingerprint density at radius 3 is 2.21 bits per heavy atom. The molecule has 4 aromatic rings. The minimum atomic E-state index is -3.83. The first-order valence-electron chi connectivity index (χ1n) is 9.81. The second-order valence-electron chi connectivity index (χ2n) is 7.30. The number of hydrogen-bond acceptors (Lipinski definition) is 5. The van der Waals surface area contributed by atoms with Crippen LogP contribution >= 0.6 is 35.4 Å². The molecule has 1 heterocycles. The zero-order valence-corrected chi connectivity index (χ0v) is 20.7. The average Bonchev–Trinajstić information content (AvgIpc) is 2.76. The second kappa shape index (κ2) is 9.63. The van der Waals surface area contributed by atoms with E-state index in [-0.39, 0.29) is 15.0 Å². The lowest BCUT2D eigenvalue weighted by Gasteiger charge is -2.12. The molecular weight excluding hydrogens is 517 g/mol. The van der Waals surface area contributed by atoms with E-state index in [9.17, 15) is 13.2 Å². The minimum Gasteiger partial charge on any atom is -0.423 e. The quantitative estimate of drug-likeness (QED) is 0.213. The normalized spacial score (nSPS) is 11.3. The maximum absolute atomic E-state index is 12.7. The molecule has 0 aliphatic carbocycles. The zero-order valence-electron chi connectivity index (χ0n) is 17.6. The summed E-state index contributed by atoms with van der Waals surface area (Å²) in [6, 6.07) is 17.3. The Balaban J connectivity index is 1.44. The molecule has 0 amide bonds. The van der Waals surface area contributed by atoms with Gasteiger partial charge in [0.1, 0.15) is 5.58 Å². The molecule has 0 aliphatic heterocycles. The summed E-state index contributed by atoms with van der Waals surface area (Å²) in [6.45, 7) is 1.84. The highest BCUT2D eigenvalue weighted by Gasteiger charge is 2.15. The molecule has 0 saturated carbocycles. The van der Waals surface area contributed by atoms with Gasteiger partial charge in [-0.15, -0.1) is 0 Å².